The molecule has 198 valence electrons. The molecule has 0 saturated carbocycles. The van der Waals surface area contributed by atoms with Crippen LogP contribution in [0.1, 0.15) is 55.4 Å². The summed E-state index contributed by atoms with van der Waals surface area (Å²) in [6.45, 7) is 13.7. The van der Waals surface area contributed by atoms with Crippen molar-refractivity contribution in [3.05, 3.63) is 48.8 Å². The van der Waals surface area contributed by atoms with Gasteiger partial charge in [0.25, 0.3) is 0 Å². The molecule has 1 unspecified atom stereocenters. The molecule has 2 aromatic rings. The van der Waals surface area contributed by atoms with Crippen LogP contribution in [0.3, 0.4) is 0 Å². The van der Waals surface area contributed by atoms with Crippen molar-refractivity contribution in [2.75, 3.05) is 18.6 Å². The lowest BCUT2D eigenvalue weighted by Gasteiger charge is -2.34. The van der Waals surface area contributed by atoms with Crippen LogP contribution in [0.4, 0.5) is 21.2 Å². The molecule has 1 aromatic heterocycles. The summed E-state index contributed by atoms with van der Waals surface area (Å²) in [6, 6.07) is 9.23. The van der Waals surface area contributed by atoms with Gasteiger partial charge in [0.2, 0.25) is 5.95 Å². The molecule has 0 aliphatic rings. The smallest absolute Gasteiger partial charge is 0.420 e. The molecule has 36 heavy (non-hydrogen) atoms. The number of amides is 2. The van der Waals surface area contributed by atoms with Gasteiger partial charge >= 0.3 is 18.2 Å². The first kappa shape index (κ1) is 30.3. The maximum atomic E-state index is 13.1. The predicted octanol–water partition coefficient (Wildman–Crippen LogP) is 5.35. The van der Waals surface area contributed by atoms with E-state index in [1.165, 1.54) is 7.11 Å². The Morgan fingerprint density at radius 3 is 1.72 bits per heavy atom. The molecule has 0 spiro atoms. The van der Waals surface area contributed by atoms with Crippen LogP contribution in [0.2, 0.25) is 0 Å². The van der Waals surface area contributed by atoms with E-state index in [-0.39, 0.29) is 12.5 Å². The lowest BCUT2D eigenvalue weighted by Crippen LogP contribution is -2.56. The Kier molecular flexibility index (Phi) is 11.3. The van der Waals surface area contributed by atoms with Crippen LogP contribution in [0.5, 0.6) is 0 Å². The maximum absolute atomic E-state index is 13.1. The average Bonchev–Trinajstić information content (AvgIpc) is 2.81. The molecule has 1 heterocycles. The third-order valence-electron chi connectivity index (χ3n) is 4.18. The van der Waals surface area contributed by atoms with Crippen molar-refractivity contribution in [1.29, 1.82) is 0 Å². The van der Waals surface area contributed by atoms with E-state index < -0.39 is 35.4 Å². The molecule has 0 aliphatic carbocycles. The van der Waals surface area contributed by atoms with E-state index in [0.29, 0.717) is 10.6 Å². The van der Waals surface area contributed by atoms with E-state index in [4.69, 9.17) is 14.2 Å². The molecular weight excluding hydrogens is 464 g/mol. The summed E-state index contributed by atoms with van der Waals surface area (Å²) in [4.78, 5) is 50.0. The summed E-state index contributed by atoms with van der Waals surface area (Å²) in [6.07, 6.45) is 1.01. The van der Waals surface area contributed by atoms with E-state index in [9.17, 15) is 14.4 Å². The van der Waals surface area contributed by atoms with E-state index in [1.54, 1.807) is 89.2 Å². The van der Waals surface area contributed by atoms with Gasteiger partial charge in [0.15, 0.2) is 6.04 Å². The van der Waals surface area contributed by atoms with E-state index in [1.807, 2.05) is 19.9 Å². The Bertz CT molecular complexity index is 904. The summed E-state index contributed by atoms with van der Waals surface area (Å²) < 4.78 is 15.8. The highest BCUT2D eigenvalue weighted by atomic mass is 16.6. The number of carbonyl (C=O) groups excluding carboxylic acids is 3. The Morgan fingerprint density at radius 2 is 1.31 bits per heavy atom. The highest BCUT2D eigenvalue weighted by molar-refractivity contribution is 5.94. The maximum Gasteiger partial charge on any atom is 0.420 e. The fourth-order valence-electron chi connectivity index (χ4n) is 2.86. The molecule has 0 saturated heterocycles. The number of para-hydroxylation sites is 1. The van der Waals surface area contributed by atoms with E-state index >= 15 is 0 Å². The van der Waals surface area contributed by atoms with E-state index in [2.05, 4.69) is 9.97 Å². The summed E-state index contributed by atoms with van der Waals surface area (Å²) in [5.41, 5.74) is -1.23. The Balaban J connectivity index is 0.00000316. The van der Waals surface area contributed by atoms with Crippen LogP contribution < -0.4 is 4.90 Å². The zero-order chi connectivity index (χ0) is 27.5. The normalized spacial score (nSPS) is 11.8. The fourth-order valence-corrected chi connectivity index (χ4v) is 2.86. The van der Waals surface area contributed by atoms with Gasteiger partial charge in [0.05, 0.1) is 13.7 Å². The second-order valence-corrected chi connectivity index (χ2v) is 9.36. The molecular formula is C26H38N4O6. The minimum Gasteiger partial charge on any atom is -0.467 e. The van der Waals surface area contributed by atoms with Gasteiger partial charge in [0.1, 0.15) is 11.2 Å². The summed E-state index contributed by atoms with van der Waals surface area (Å²) in [5, 5.41) is 0. The lowest BCUT2D eigenvalue weighted by atomic mass is 10.2. The topological polar surface area (TPSA) is 111 Å². The average molecular weight is 503 g/mol. The Hall–Kier alpha value is -3.69. The summed E-state index contributed by atoms with van der Waals surface area (Å²) >= 11 is 0. The van der Waals surface area contributed by atoms with Gasteiger partial charge in [-0.1, -0.05) is 32.0 Å². The molecule has 1 aromatic carbocycles. The number of esters is 1. The number of imide groups is 1. The number of ether oxygens (including phenoxy) is 3. The zero-order valence-electron chi connectivity index (χ0n) is 22.6. The molecule has 0 aliphatic heterocycles. The molecule has 2 rings (SSSR count). The van der Waals surface area contributed by atoms with Crippen LogP contribution in [0, 0.1) is 0 Å². The lowest BCUT2D eigenvalue weighted by molar-refractivity contribution is -0.146. The minimum atomic E-state index is -1.43. The highest BCUT2D eigenvalue weighted by Gasteiger charge is 2.42. The number of hydrogen-bond donors (Lipinski definition) is 0. The van der Waals surface area contributed by atoms with Crippen LogP contribution in [-0.4, -0.2) is 63.9 Å². The summed E-state index contributed by atoms with van der Waals surface area (Å²) in [5.74, 6) is -0.579. The number of nitrogens with zero attached hydrogens (tertiary/aromatic N) is 4. The minimum absolute atomic E-state index is 0.209. The SMILES string of the molecule is CC.COC(=O)C(CN(c1ccccc1)c1ncccn1)N(C(=O)OC(C)(C)C)C(=O)OC(C)(C)C. The van der Waals surface area contributed by atoms with E-state index in [0.717, 1.165) is 0 Å². The van der Waals surface area contributed by atoms with Crippen LogP contribution in [-0.2, 0) is 19.0 Å². The van der Waals surface area contributed by atoms with Gasteiger partial charge in [-0.3, -0.25) is 0 Å². The number of rotatable bonds is 6. The van der Waals surface area contributed by atoms with Gasteiger partial charge in [-0.05, 0) is 59.7 Å². The van der Waals surface area contributed by atoms with Crippen molar-refractivity contribution in [2.45, 2.75) is 72.6 Å². The van der Waals surface area contributed by atoms with Crippen LogP contribution >= 0.6 is 0 Å². The van der Waals surface area contributed by atoms with Gasteiger partial charge < -0.3 is 19.1 Å². The Morgan fingerprint density at radius 1 is 0.833 bits per heavy atom. The highest BCUT2D eigenvalue weighted by Crippen LogP contribution is 2.25. The zero-order valence-corrected chi connectivity index (χ0v) is 22.6. The fraction of sp³-hybridized carbons (Fsp3) is 0.500. The van der Waals surface area contributed by atoms with Crippen LogP contribution in [0.15, 0.2) is 48.8 Å². The van der Waals surface area contributed by atoms with Gasteiger partial charge in [-0.15, -0.1) is 0 Å². The molecule has 2 amide bonds. The second kappa shape index (κ2) is 13.4. The van der Waals surface area contributed by atoms with Gasteiger partial charge in [-0.2, -0.15) is 4.90 Å². The van der Waals surface area contributed by atoms with Crippen molar-refractivity contribution < 1.29 is 28.6 Å². The largest absolute Gasteiger partial charge is 0.467 e. The van der Waals surface area contributed by atoms with Crippen molar-refractivity contribution >= 4 is 29.8 Å². The standard InChI is InChI=1S/C24H32N4O6.C2H6/c1-23(2,3)33-21(30)28(22(31)34-24(4,5)6)18(19(29)32-7)16-27(17-12-9-8-10-13-17)20-25-14-11-15-26-20;1-2/h8-15,18H,16H2,1-7H3;1-2H3. The number of benzene rings is 1. The first-order valence-corrected chi connectivity index (χ1v) is 11.7. The molecule has 0 N–H and O–H groups in total. The molecule has 1 atom stereocenters. The molecule has 0 radical (unpaired) electrons. The number of methoxy groups -OCH3 is 1. The predicted molar refractivity (Wildman–Crippen MR) is 137 cm³/mol. The van der Waals surface area contributed by atoms with Crippen molar-refractivity contribution in [3.8, 4) is 0 Å². The number of aromatic nitrogens is 2. The first-order chi connectivity index (χ1) is 16.8. The number of anilines is 2. The third kappa shape index (κ3) is 9.52. The summed E-state index contributed by atoms with van der Waals surface area (Å²) in [7, 11) is 1.17. The number of carbonyl (C=O) groups is 3. The molecule has 0 fully saturated rings. The van der Waals surface area contributed by atoms with Gasteiger partial charge in [-0.25, -0.2) is 24.4 Å². The van der Waals surface area contributed by atoms with Gasteiger partial charge in [0, 0.05) is 18.1 Å². The molecule has 10 heteroatoms. The van der Waals surface area contributed by atoms with Crippen molar-refractivity contribution in [1.82, 2.24) is 14.9 Å². The first-order valence-electron chi connectivity index (χ1n) is 11.7. The van der Waals surface area contributed by atoms with Crippen molar-refractivity contribution in [2.24, 2.45) is 0 Å². The molecule has 0 bridgehead atoms. The third-order valence-corrected chi connectivity index (χ3v) is 4.18. The second-order valence-electron chi connectivity index (χ2n) is 9.36. The quantitative estimate of drug-likeness (QED) is 0.381. The molecule has 10 nitrogen and oxygen atoms in total. The van der Waals surface area contributed by atoms with Crippen molar-refractivity contribution in [3.63, 3.8) is 0 Å². The monoisotopic (exact) mass is 502 g/mol. The number of hydrogen-bond acceptors (Lipinski definition) is 9. The van der Waals surface area contributed by atoms with Crippen LogP contribution in [0.25, 0.3) is 0 Å². The Labute approximate surface area is 213 Å².